The van der Waals surface area contributed by atoms with Crippen LogP contribution in [0, 0.1) is 5.41 Å². The first-order valence-corrected chi connectivity index (χ1v) is 4.71. The van der Waals surface area contributed by atoms with Crippen molar-refractivity contribution in [3.63, 3.8) is 0 Å². The summed E-state index contributed by atoms with van der Waals surface area (Å²) in [6.07, 6.45) is 3.40. The first-order chi connectivity index (χ1) is 6.17. The minimum atomic E-state index is 0.193. The van der Waals surface area contributed by atoms with Gasteiger partial charge in [-0.3, -0.25) is 0 Å². The Morgan fingerprint density at radius 1 is 1.23 bits per heavy atom. The molecule has 0 saturated carbocycles. The first kappa shape index (κ1) is 9.97. The number of benzene rings is 1. The Balaban J connectivity index is 2.74. The molecule has 1 rings (SSSR count). The molecule has 0 aliphatic heterocycles. The highest BCUT2D eigenvalue weighted by Gasteiger charge is 2.18. The Kier molecular flexibility index (Phi) is 3.24. The van der Waals surface area contributed by atoms with Gasteiger partial charge in [0.1, 0.15) is 0 Å². The summed E-state index contributed by atoms with van der Waals surface area (Å²) in [5.74, 6) is 0. The molecule has 0 aliphatic rings. The molecule has 0 spiro atoms. The monoisotopic (exact) mass is 175 g/mol. The number of rotatable bonds is 4. The largest absolute Gasteiger partial charge is 0.313 e. The average Bonchev–Trinajstić information content (AvgIpc) is 2.16. The lowest BCUT2D eigenvalue weighted by molar-refractivity contribution is 0.492. The van der Waals surface area contributed by atoms with E-state index in [4.69, 9.17) is 5.41 Å². The maximum atomic E-state index is 7.02. The van der Waals surface area contributed by atoms with E-state index in [1.165, 1.54) is 11.8 Å². The highest BCUT2D eigenvalue weighted by atomic mass is 14.3. The van der Waals surface area contributed by atoms with Crippen LogP contribution in [0.2, 0.25) is 0 Å². The van der Waals surface area contributed by atoms with E-state index in [-0.39, 0.29) is 5.41 Å². The van der Waals surface area contributed by atoms with E-state index in [1.807, 2.05) is 6.07 Å². The summed E-state index contributed by atoms with van der Waals surface area (Å²) in [4.78, 5) is 0. The molecule has 70 valence electrons. The van der Waals surface area contributed by atoms with E-state index >= 15 is 0 Å². The van der Waals surface area contributed by atoms with Crippen LogP contribution in [0.1, 0.15) is 32.3 Å². The zero-order valence-electron chi connectivity index (χ0n) is 8.38. The van der Waals surface area contributed by atoms with Gasteiger partial charge in [-0.2, -0.15) is 0 Å². The van der Waals surface area contributed by atoms with Crippen molar-refractivity contribution in [2.75, 3.05) is 0 Å². The number of hydrogen-bond acceptors (Lipinski definition) is 1. The van der Waals surface area contributed by atoms with E-state index in [0.29, 0.717) is 0 Å². The fraction of sp³-hybridized carbons (Fsp3) is 0.417. The fourth-order valence-electron chi connectivity index (χ4n) is 1.47. The third kappa shape index (κ3) is 2.69. The van der Waals surface area contributed by atoms with Gasteiger partial charge in [-0.15, -0.1) is 0 Å². The lowest BCUT2D eigenvalue weighted by Crippen LogP contribution is -2.16. The highest BCUT2D eigenvalue weighted by Crippen LogP contribution is 2.27. The number of nitrogens with one attached hydrogen (secondary N) is 1. The molecule has 1 heteroatoms. The maximum Gasteiger partial charge on any atom is -0.00474 e. The summed E-state index contributed by atoms with van der Waals surface area (Å²) in [6.45, 7) is 4.46. The molecule has 1 aromatic rings. The van der Waals surface area contributed by atoms with Crippen LogP contribution >= 0.6 is 0 Å². The van der Waals surface area contributed by atoms with Crippen molar-refractivity contribution in [3.8, 4) is 0 Å². The maximum absolute atomic E-state index is 7.02. The lowest BCUT2D eigenvalue weighted by Gasteiger charge is -2.24. The van der Waals surface area contributed by atoms with E-state index in [1.54, 1.807) is 0 Å². The smallest absolute Gasteiger partial charge is 0.00474 e. The standard InChI is InChI=1S/C12H17N/c1-12(2,9-6-10-13)11-7-4-3-5-8-11/h3-5,7-8,10,13H,6,9H2,1-2H3. The van der Waals surface area contributed by atoms with Gasteiger partial charge >= 0.3 is 0 Å². The van der Waals surface area contributed by atoms with Gasteiger partial charge in [-0.1, -0.05) is 44.2 Å². The molecular weight excluding hydrogens is 158 g/mol. The van der Waals surface area contributed by atoms with Crippen molar-refractivity contribution in [2.24, 2.45) is 0 Å². The average molecular weight is 175 g/mol. The summed E-state index contributed by atoms with van der Waals surface area (Å²) in [5.41, 5.74) is 1.55. The van der Waals surface area contributed by atoms with Crippen molar-refractivity contribution in [3.05, 3.63) is 35.9 Å². The van der Waals surface area contributed by atoms with Crippen molar-refractivity contribution in [1.29, 1.82) is 5.41 Å². The van der Waals surface area contributed by atoms with Crippen LogP contribution in [0.5, 0.6) is 0 Å². The predicted octanol–water partition coefficient (Wildman–Crippen LogP) is 3.39. The second-order valence-electron chi connectivity index (χ2n) is 3.99. The molecule has 0 unspecified atom stereocenters. The molecule has 0 bridgehead atoms. The molecular formula is C12H17N. The number of hydrogen-bond donors (Lipinski definition) is 1. The molecule has 0 aliphatic carbocycles. The third-order valence-corrected chi connectivity index (χ3v) is 2.47. The summed E-state index contributed by atoms with van der Waals surface area (Å²) in [6, 6.07) is 10.5. The summed E-state index contributed by atoms with van der Waals surface area (Å²) < 4.78 is 0. The van der Waals surface area contributed by atoms with Crippen molar-refractivity contribution in [1.82, 2.24) is 0 Å². The molecule has 0 fully saturated rings. The summed E-state index contributed by atoms with van der Waals surface area (Å²) in [7, 11) is 0. The molecule has 1 nitrogen and oxygen atoms in total. The van der Waals surface area contributed by atoms with Crippen LogP contribution in [-0.4, -0.2) is 6.21 Å². The Morgan fingerprint density at radius 3 is 2.38 bits per heavy atom. The van der Waals surface area contributed by atoms with Crippen LogP contribution in [0.25, 0.3) is 0 Å². The van der Waals surface area contributed by atoms with Gasteiger partial charge in [0.2, 0.25) is 0 Å². The van der Waals surface area contributed by atoms with E-state index in [9.17, 15) is 0 Å². The van der Waals surface area contributed by atoms with E-state index < -0.39 is 0 Å². The zero-order chi connectivity index (χ0) is 9.73. The fourth-order valence-corrected chi connectivity index (χ4v) is 1.47. The van der Waals surface area contributed by atoms with Crippen LogP contribution in [0.4, 0.5) is 0 Å². The molecule has 13 heavy (non-hydrogen) atoms. The minimum Gasteiger partial charge on any atom is -0.313 e. The van der Waals surface area contributed by atoms with Crippen molar-refractivity contribution >= 4 is 6.21 Å². The van der Waals surface area contributed by atoms with Gasteiger partial charge in [0.25, 0.3) is 0 Å². The van der Waals surface area contributed by atoms with E-state index in [0.717, 1.165) is 12.8 Å². The van der Waals surface area contributed by atoms with Gasteiger partial charge in [-0.05, 0) is 30.0 Å². The van der Waals surface area contributed by atoms with Crippen LogP contribution in [-0.2, 0) is 5.41 Å². The Labute approximate surface area is 80.3 Å². The van der Waals surface area contributed by atoms with Gasteiger partial charge in [0.05, 0.1) is 0 Å². The molecule has 0 saturated heterocycles. The van der Waals surface area contributed by atoms with Gasteiger partial charge in [0.15, 0.2) is 0 Å². The van der Waals surface area contributed by atoms with Crippen molar-refractivity contribution in [2.45, 2.75) is 32.1 Å². The Bertz CT molecular complexity index is 262. The van der Waals surface area contributed by atoms with Crippen LogP contribution in [0.3, 0.4) is 0 Å². The molecule has 0 atom stereocenters. The summed E-state index contributed by atoms with van der Waals surface area (Å²) >= 11 is 0. The Hall–Kier alpha value is -1.11. The van der Waals surface area contributed by atoms with E-state index in [2.05, 4.69) is 38.1 Å². The molecule has 0 heterocycles. The first-order valence-electron chi connectivity index (χ1n) is 4.71. The molecule has 1 aromatic carbocycles. The molecule has 0 amide bonds. The minimum absolute atomic E-state index is 0.193. The zero-order valence-corrected chi connectivity index (χ0v) is 8.38. The topological polar surface area (TPSA) is 23.9 Å². The van der Waals surface area contributed by atoms with Crippen LogP contribution < -0.4 is 0 Å². The molecule has 0 aromatic heterocycles. The Morgan fingerprint density at radius 2 is 1.85 bits per heavy atom. The van der Waals surface area contributed by atoms with Gasteiger partial charge in [0, 0.05) is 0 Å². The normalized spacial score (nSPS) is 11.2. The summed E-state index contributed by atoms with van der Waals surface area (Å²) in [5, 5.41) is 7.02. The lowest BCUT2D eigenvalue weighted by atomic mass is 9.81. The highest BCUT2D eigenvalue weighted by molar-refractivity contribution is 5.53. The molecule has 1 N–H and O–H groups in total. The second kappa shape index (κ2) is 4.22. The predicted molar refractivity (Wildman–Crippen MR) is 57.5 cm³/mol. The van der Waals surface area contributed by atoms with Crippen LogP contribution in [0.15, 0.2) is 30.3 Å². The molecule has 0 radical (unpaired) electrons. The second-order valence-corrected chi connectivity index (χ2v) is 3.99. The quantitative estimate of drug-likeness (QED) is 0.678. The van der Waals surface area contributed by atoms with Gasteiger partial charge < -0.3 is 5.41 Å². The van der Waals surface area contributed by atoms with Crippen molar-refractivity contribution < 1.29 is 0 Å². The SMILES string of the molecule is CC(C)(CCC=N)c1ccccc1. The third-order valence-electron chi connectivity index (χ3n) is 2.47. The van der Waals surface area contributed by atoms with Gasteiger partial charge in [-0.25, -0.2) is 0 Å².